The van der Waals surface area contributed by atoms with E-state index in [-0.39, 0.29) is 36.1 Å². The van der Waals surface area contributed by atoms with Crippen LogP contribution in [-0.4, -0.2) is 35.7 Å². The van der Waals surface area contributed by atoms with Crippen molar-refractivity contribution in [3.05, 3.63) is 0 Å². The second-order valence-corrected chi connectivity index (χ2v) is 5.46. The minimum absolute atomic E-state index is 0.103. The summed E-state index contributed by atoms with van der Waals surface area (Å²) in [5.41, 5.74) is 0. The number of likely N-dealkylation sites (tertiary alicyclic amines) is 1. The first-order valence-electron chi connectivity index (χ1n) is 7.27. The molecule has 106 valence electrons. The molecule has 1 aliphatic carbocycles. The third-order valence-electron chi connectivity index (χ3n) is 4.09. The number of hydrogen-bond acceptors (Lipinski definition) is 3. The predicted octanol–water partition coefficient (Wildman–Crippen LogP) is 1.08. The van der Waals surface area contributed by atoms with Gasteiger partial charge in [-0.15, -0.1) is 0 Å². The van der Waals surface area contributed by atoms with E-state index in [1.54, 1.807) is 0 Å². The molecule has 2 rings (SSSR count). The van der Waals surface area contributed by atoms with Crippen LogP contribution in [0, 0.1) is 11.8 Å². The number of nitrogens with zero attached hydrogens (tertiary/aromatic N) is 1. The maximum atomic E-state index is 12.1. The summed E-state index contributed by atoms with van der Waals surface area (Å²) in [6.45, 7) is 2.55. The van der Waals surface area contributed by atoms with E-state index < -0.39 is 0 Å². The number of unbranched alkanes of at least 4 members (excludes halogenated alkanes) is 1. The van der Waals surface area contributed by atoms with Crippen LogP contribution in [0.15, 0.2) is 0 Å². The van der Waals surface area contributed by atoms with E-state index in [1.165, 1.54) is 4.90 Å². The van der Waals surface area contributed by atoms with E-state index >= 15 is 0 Å². The molecule has 19 heavy (non-hydrogen) atoms. The van der Waals surface area contributed by atoms with Gasteiger partial charge >= 0.3 is 0 Å². The Hall–Kier alpha value is -1.39. The van der Waals surface area contributed by atoms with Gasteiger partial charge in [0.05, 0.1) is 11.8 Å². The van der Waals surface area contributed by atoms with Crippen LogP contribution >= 0.6 is 0 Å². The molecule has 3 amide bonds. The summed E-state index contributed by atoms with van der Waals surface area (Å²) in [6, 6.07) is 0. The molecule has 0 bridgehead atoms. The first-order valence-corrected chi connectivity index (χ1v) is 7.27. The van der Waals surface area contributed by atoms with Gasteiger partial charge in [-0.1, -0.05) is 26.2 Å². The van der Waals surface area contributed by atoms with Gasteiger partial charge in [0, 0.05) is 6.54 Å². The van der Waals surface area contributed by atoms with E-state index in [0.29, 0.717) is 6.54 Å². The van der Waals surface area contributed by atoms with E-state index in [4.69, 9.17) is 0 Å². The average molecular weight is 266 g/mol. The highest BCUT2D eigenvalue weighted by atomic mass is 16.2. The lowest BCUT2D eigenvalue weighted by Crippen LogP contribution is -2.41. The van der Waals surface area contributed by atoms with Gasteiger partial charge in [0.2, 0.25) is 17.7 Å². The Balaban J connectivity index is 1.91. The lowest BCUT2D eigenvalue weighted by Gasteiger charge is -2.19. The first-order chi connectivity index (χ1) is 9.15. The molecular weight excluding hydrogens is 244 g/mol. The van der Waals surface area contributed by atoms with E-state index in [0.717, 1.165) is 38.5 Å². The van der Waals surface area contributed by atoms with Crippen molar-refractivity contribution in [2.24, 2.45) is 11.8 Å². The zero-order valence-electron chi connectivity index (χ0n) is 11.5. The maximum Gasteiger partial charge on any atom is 0.240 e. The zero-order valence-corrected chi connectivity index (χ0v) is 11.5. The largest absolute Gasteiger partial charge is 0.355 e. The van der Waals surface area contributed by atoms with Crippen molar-refractivity contribution in [3.8, 4) is 0 Å². The van der Waals surface area contributed by atoms with Crippen molar-refractivity contribution in [1.29, 1.82) is 0 Å². The highest BCUT2D eigenvalue weighted by Gasteiger charge is 2.48. The van der Waals surface area contributed by atoms with Gasteiger partial charge in [0.15, 0.2) is 0 Å². The molecule has 0 radical (unpaired) electrons. The van der Waals surface area contributed by atoms with E-state index in [2.05, 4.69) is 5.32 Å². The van der Waals surface area contributed by atoms with Gasteiger partial charge in [0.1, 0.15) is 6.54 Å². The molecule has 2 fully saturated rings. The molecule has 0 aromatic rings. The fraction of sp³-hybridized carbons (Fsp3) is 0.786. The van der Waals surface area contributed by atoms with Gasteiger partial charge < -0.3 is 5.32 Å². The number of fused-ring (bicyclic) bond motifs is 1. The fourth-order valence-electron chi connectivity index (χ4n) is 2.99. The normalized spacial score (nSPS) is 26.5. The lowest BCUT2D eigenvalue weighted by atomic mass is 9.81. The SMILES string of the molecule is CCCCNC(=O)CN1C(=O)C2CCCCC2C1=O. The Labute approximate surface area is 113 Å². The van der Waals surface area contributed by atoms with E-state index in [1.807, 2.05) is 6.92 Å². The lowest BCUT2D eigenvalue weighted by molar-refractivity contribution is -0.143. The molecule has 0 aromatic heterocycles. The van der Waals surface area contributed by atoms with Crippen LogP contribution < -0.4 is 5.32 Å². The first kappa shape index (κ1) is 14.0. The molecule has 1 saturated heterocycles. The van der Waals surface area contributed by atoms with Crippen molar-refractivity contribution < 1.29 is 14.4 Å². The molecule has 5 heteroatoms. The standard InChI is InChI=1S/C14H22N2O3/c1-2-3-8-15-12(17)9-16-13(18)10-6-4-5-7-11(10)14(16)19/h10-11H,2-9H2,1H3,(H,15,17). The molecule has 1 aliphatic heterocycles. The van der Waals surface area contributed by atoms with Gasteiger partial charge in [-0.2, -0.15) is 0 Å². The summed E-state index contributed by atoms with van der Waals surface area (Å²) in [5, 5.41) is 2.75. The molecule has 2 aliphatic rings. The van der Waals surface area contributed by atoms with Crippen LogP contribution in [0.5, 0.6) is 0 Å². The fourth-order valence-corrected chi connectivity index (χ4v) is 2.99. The second kappa shape index (κ2) is 6.17. The van der Waals surface area contributed by atoms with Gasteiger partial charge in [-0.25, -0.2) is 0 Å². The molecule has 1 saturated carbocycles. The quantitative estimate of drug-likeness (QED) is 0.598. The summed E-state index contributed by atoms with van der Waals surface area (Å²) in [5.74, 6) is -0.830. The van der Waals surface area contributed by atoms with Crippen molar-refractivity contribution >= 4 is 17.7 Å². The van der Waals surface area contributed by atoms with Crippen molar-refractivity contribution in [3.63, 3.8) is 0 Å². The number of hydrogen-bond donors (Lipinski definition) is 1. The van der Waals surface area contributed by atoms with Crippen molar-refractivity contribution in [1.82, 2.24) is 10.2 Å². The summed E-state index contributed by atoms with van der Waals surface area (Å²) >= 11 is 0. The van der Waals surface area contributed by atoms with Crippen LogP contribution in [-0.2, 0) is 14.4 Å². The Morgan fingerprint density at radius 1 is 1.21 bits per heavy atom. The molecule has 2 atom stereocenters. The molecule has 0 spiro atoms. The van der Waals surface area contributed by atoms with Crippen LogP contribution in [0.4, 0.5) is 0 Å². The number of imide groups is 1. The highest BCUT2D eigenvalue weighted by molar-refractivity contribution is 6.07. The Morgan fingerprint density at radius 3 is 2.32 bits per heavy atom. The van der Waals surface area contributed by atoms with Gasteiger partial charge in [0.25, 0.3) is 0 Å². The number of nitrogens with one attached hydrogen (secondary N) is 1. The van der Waals surface area contributed by atoms with E-state index in [9.17, 15) is 14.4 Å². The number of carbonyl (C=O) groups is 3. The molecule has 2 unspecified atom stereocenters. The minimum atomic E-state index is -0.228. The molecule has 5 nitrogen and oxygen atoms in total. The number of rotatable bonds is 5. The summed E-state index contributed by atoms with van der Waals surface area (Å²) < 4.78 is 0. The maximum absolute atomic E-state index is 12.1. The highest BCUT2D eigenvalue weighted by Crippen LogP contribution is 2.37. The summed E-state index contributed by atoms with van der Waals surface area (Å²) in [7, 11) is 0. The van der Waals surface area contributed by atoms with Crippen molar-refractivity contribution in [2.45, 2.75) is 45.4 Å². The van der Waals surface area contributed by atoms with Crippen LogP contribution in [0.25, 0.3) is 0 Å². The molecule has 1 heterocycles. The van der Waals surface area contributed by atoms with Gasteiger partial charge in [-0.05, 0) is 19.3 Å². The van der Waals surface area contributed by atoms with Crippen LogP contribution in [0.3, 0.4) is 0 Å². The molecule has 1 N–H and O–H groups in total. The van der Waals surface area contributed by atoms with Crippen LogP contribution in [0.1, 0.15) is 45.4 Å². The third-order valence-corrected chi connectivity index (χ3v) is 4.09. The minimum Gasteiger partial charge on any atom is -0.355 e. The number of amides is 3. The smallest absolute Gasteiger partial charge is 0.240 e. The Bertz CT molecular complexity index is 357. The second-order valence-electron chi connectivity index (χ2n) is 5.46. The number of carbonyl (C=O) groups excluding carboxylic acids is 3. The van der Waals surface area contributed by atoms with Crippen LogP contribution in [0.2, 0.25) is 0 Å². The Morgan fingerprint density at radius 2 is 1.79 bits per heavy atom. The average Bonchev–Trinajstić information content (AvgIpc) is 2.65. The summed E-state index contributed by atoms with van der Waals surface area (Å²) in [4.78, 5) is 37.2. The monoisotopic (exact) mass is 266 g/mol. The van der Waals surface area contributed by atoms with Crippen molar-refractivity contribution in [2.75, 3.05) is 13.1 Å². The van der Waals surface area contributed by atoms with Gasteiger partial charge in [-0.3, -0.25) is 19.3 Å². The topological polar surface area (TPSA) is 66.5 Å². The zero-order chi connectivity index (χ0) is 13.8. The predicted molar refractivity (Wildman–Crippen MR) is 70.1 cm³/mol. The third kappa shape index (κ3) is 2.96. The molecule has 0 aromatic carbocycles. The molecular formula is C14H22N2O3. The summed E-state index contributed by atoms with van der Waals surface area (Å²) in [6.07, 6.45) is 5.53. The Kier molecular flexibility index (Phi) is 4.56.